The third-order valence-electron chi connectivity index (χ3n) is 3.31. The lowest BCUT2D eigenvalue weighted by atomic mass is 10.1. The van der Waals surface area contributed by atoms with Gasteiger partial charge in [0.25, 0.3) is 0 Å². The first-order valence-electron chi connectivity index (χ1n) is 7.19. The summed E-state index contributed by atoms with van der Waals surface area (Å²) in [5.74, 6) is 0.0478. The van der Waals surface area contributed by atoms with Crippen molar-refractivity contribution in [3.63, 3.8) is 0 Å². The average Bonchev–Trinajstić information content (AvgIpc) is 2.54. The van der Waals surface area contributed by atoms with Gasteiger partial charge in [-0.05, 0) is 24.1 Å². The lowest BCUT2D eigenvalue weighted by Gasteiger charge is -2.14. The molecule has 2 aromatic rings. The van der Waals surface area contributed by atoms with Gasteiger partial charge in [-0.15, -0.1) is 0 Å². The van der Waals surface area contributed by atoms with E-state index in [0.717, 1.165) is 5.56 Å². The van der Waals surface area contributed by atoms with Gasteiger partial charge in [0.1, 0.15) is 0 Å². The van der Waals surface area contributed by atoms with Crippen LogP contribution in [-0.2, 0) is 11.3 Å². The van der Waals surface area contributed by atoms with Crippen LogP contribution in [0.1, 0.15) is 30.5 Å². The minimum atomic E-state index is 0.0478. The fraction of sp³-hybridized carbons (Fsp3) is 0.294. The van der Waals surface area contributed by atoms with E-state index in [-0.39, 0.29) is 11.9 Å². The molecule has 0 bridgehead atoms. The molecule has 0 saturated heterocycles. The number of nitrogens with one attached hydrogen (secondary N) is 2. The molecule has 0 radical (unpaired) electrons. The van der Waals surface area contributed by atoms with E-state index in [4.69, 9.17) is 0 Å². The van der Waals surface area contributed by atoms with E-state index in [1.165, 1.54) is 5.56 Å². The smallest absolute Gasteiger partial charge is 0.221 e. The van der Waals surface area contributed by atoms with Gasteiger partial charge >= 0.3 is 0 Å². The maximum atomic E-state index is 11.8. The number of benzene rings is 1. The van der Waals surface area contributed by atoms with Crippen molar-refractivity contribution in [3.05, 3.63) is 66.0 Å². The summed E-state index contributed by atoms with van der Waals surface area (Å²) in [5.41, 5.74) is 2.24. The Morgan fingerprint density at radius 2 is 2.00 bits per heavy atom. The second-order valence-corrected chi connectivity index (χ2v) is 4.97. The topological polar surface area (TPSA) is 54.0 Å². The summed E-state index contributed by atoms with van der Waals surface area (Å²) in [6.45, 7) is 3.29. The lowest BCUT2D eigenvalue weighted by Crippen LogP contribution is -2.28. The molecule has 1 aromatic carbocycles. The normalized spacial score (nSPS) is 11.9. The van der Waals surface area contributed by atoms with Crippen molar-refractivity contribution in [3.8, 4) is 0 Å². The van der Waals surface area contributed by atoms with E-state index in [0.29, 0.717) is 19.5 Å². The zero-order valence-corrected chi connectivity index (χ0v) is 12.3. The van der Waals surface area contributed by atoms with Gasteiger partial charge in [-0.25, -0.2) is 0 Å². The zero-order chi connectivity index (χ0) is 14.9. The number of rotatable bonds is 7. The fourth-order valence-corrected chi connectivity index (χ4v) is 2.05. The molecule has 2 N–H and O–H groups in total. The standard InChI is InChI=1S/C17H21N3O/c1-14(16-7-3-2-4-8-16)19-11-9-17(21)20-13-15-6-5-10-18-12-15/h2-8,10,12,14,19H,9,11,13H2,1H3,(H,20,21). The van der Waals surface area contributed by atoms with Crippen molar-refractivity contribution < 1.29 is 4.79 Å². The van der Waals surface area contributed by atoms with Gasteiger partial charge in [-0.3, -0.25) is 9.78 Å². The number of hydrogen-bond donors (Lipinski definition) is 2. The molecule has 110 valence electrons. The van der Waals surface area contributed by atoms with Crippen molar-refractivity contribution in [1.29, 1.82) is 0 Å². The number of amides is 1. The first-order chi connectivity index (χ1) is 10.3. The van der Waals surface area contributed by atoms with Crippen LogP contribution in [0.25, 0.3) is 0 Å². The largest absolute Gasteiger partial charge is 0.352 e. The van der Waals surface area contributed by atoms with E-state index in [1.54, 1.807) is 12.4 Å². The SMILES string of the molecule is CC(NCCC(=O)NCc1cccnc1)c1ccccc1. The van der Waals surface area contributed by atoms with Gasteiger partial charge in [-0.1, -0.05) is 36.4 Å². The molecule has 1 aromatic heterocycles. The second-order valence-electron chi connectivity index (χ2n) is 4.97. The van der Waals surface area contributed by atoms with E-state index in [2.05, 4.69) is 34.7 Å². The average molecular weight is 283 g/mol. The highest BCUT2D eigenvalue weighted by atomic mass is 16.1. The number of carbonyl (C=O) groups is 1. The molecule has 2 rings (SSSR count). The molecule has 0 saturated carbocycles. The molecule has 4 nitrogen and oxygen atoms in total. The summed E-state index contributed by atoms with van der Waals surface area (Å²) in [4.78, 5) is 15.8. The van der Waals surface area contributed by atoms with Crippen molar-refractivity contribution in [2.45, 2.75) is 25.9 Å². The molecule has 1 amide bonds. The Bertz CT molecular complexity index is 542. The number of pyridine rings is 1. The van der Waals surface area contributed by atoms with Crippen LogP contribution in [0.3, 0.4) is 0 Å². The Hall–Kier alpha value is -2.20. The van der Waals surface area contributed by atoms with E-state index >= 15 is 0 Å². The van der Waals surface area contributed by atoms with Crippen LogP contribution in [0.2, 0.25) is 0 Å². The molecule has 4 heteroatoms. The third-order valence-corrected chi connectivity index (χ3v) is 3.31. The van der Waals surface area contributed by atoms with Gasteiger partial charge in [0.05, 0.1) is 0 Å². The van der Waals surface area contributed by atoms with Gasteiger partial charge < -0.3 is 10.6 Å². The van der Waals surface area contributed by atoms with Crippen LogP contribution >= 0.6 is 0 Å². The highest BCUT2D eigenvalue weighted by molar-refractivity contribution is 5.76. The molecule has 0 aliphatic heterocycles. The molecule has 0 fully saturated rings. The minimum absolute atomic E-state index is 0.0478. The summed E-state index contributed by atoms with van der Waals surface area (Å²) in [5, 5.41) is 6.25. The number of nitrogens with zero attached hydrogens (tertiary/aromatic N) is 1. The number of aromatic nitrogens is 1. The maximum absolute atomic E-state index is 11.8. The molecular weight excluding hydrogens is 262 g/mol. The second kappa shape index (κ2) is 8.17. The summed E-state index contributed by atoms with van der Waals surface area (Å²) >= 11 is 0. The summed E-state index contributed by atoms with van der Waals surface area (Å²) in [6.07, 6.45) is 3.95. The van der Waals surface area contributed by atoms with Crippen molar-refractivity contribution in [2.24, 2.45) is 0 Å². The Kier molecular flexibility index (Phi) is 5.91. The molecule has 1 unspecified atom stereocenters. The van der Waals surface area contributed by atoms with Gasteiger partial charge in [0.15, 0.2) is 0 Å². The van der Waals surface area contributed by atoms with Gasteiger partial charge in [0, 0.05) is 37.9 Å². The number of carbonyl (C=O) groups excluding carboxylic acids is 1. The molecular formula is C17H21N3O. The van der Waals surface area contributed by atoms with Crippen molar-refractivity contribution in [2.75, 3.05) is 6.54 Å². The molecule has 0 aliphatic rings. The first kappa shape index (κ1) is 15.2. The molecule has 1 atom stereocenters. The predicted octanol–water partition coefficient (Wildman–Crippen LogP) is 2.44. The third kappa shape index (κ3) is 5.36. The Labute approximate surface area is 125 Å². The molecule has 0 aliphatic carbocycles. The van der Waals surface area contributed by atoms with Crippen LogP contribution in [0.5, 0.6) is 0 Å². The molecule has 1 heterocycles. The van der Waals surface area contributed by atoms with Crippen LogP contribution in [0.4, 0.5) is 0 Å². The van der Waals surface area contributed by atoms with Crippen molar-refractivity contribution in [1.82, 2.24) is 15.6 Å². The maximum Gasteiger partial charge on any atom is 0.221 e. The monoisotopic (exact) mass is 283 g/mol. The van der Waals surface area contributed by atoms with Crippen molar-refractivity contribution >= 4 is 5.91 Å². The van der Waals surface area contributed by atoms with Crippen LogP contribution in [0.15, 0.2) is 54.9 Å². The van der Waals surface area contributed by atoms with E-state index in [9.17, 15) is 4.79 Å². The van der Waals surface area contributed by atoms with Gasteiger partial charge in [0.2, 0.25) is 5.91 Å². The molecule has 0 spiro atoms. The summed E-state index contributed by atoms with van der Waals surface area (Å²) in [6, 6.07) is 14.3. The number of hydrogen-bond acceptors (Lipinski definition) is 3. The predicted molar refractivity (Wildman–Crippen MR) is 83.6 cm³/mol. The Balaban J connectivity index is 1.65. The van der Waals surface area contributed by atoms with Gasteiger partial charge in [-0.2, -0.15) is 0 Å². The minimum Gasteiger partial charge on any atom is -0.352 e. The fourth-order valence-electron chi connectivity index (χ4n) is 2.05. The summed E-state index contributed by atoms with van der Waals surface area (Å²) < 4.78 is 0. The molecule has 21 heavy (non-hydrogen) atoms. The lowest BCUT2D eigenvalue weighted by molar-refractivity contribution is -0.121. The first-order valence-corrected chi connectivity index (χ1v) is 7.19. The Morgan fingerprint density at radius 3 is 2.71 bits per heavy atom. The summed E-state index contributed by atoms with van der Waals surface area (Å²) in [7, 11) is 0. The van der Waals surface area contributed by atoms with E-state index in [1.807, 2.05) is 30.3 Å². The highest BCUT2D eigenvalue weighted by Crippen LogP contribution is 2.10. The van der Waals surface area contributed by atoms with Crippen LogP contribution < -0.4 is 10.6 Å². The highest BCUT2D eigenvalue weighted by Gasteiger charge is 2.05. The zero-order valence-electron chi connectivity index (χ0n) is 12.3. The Morgan fingerprint density at radius 1 is 1.19 bits per heavy atom. The van der Waals surface area contributed by atoms with Crippen LogP contribution in [-0.4, -0.2) is 17.4 Å². The van der Waals surface area contributed by atoms with E-state index < -0.39 is 0 Å². The van der Waals surface area contributed by atoms with Crippen LogP contribution in [0, 0.1) is 0 Å². The quantitative estimate of drug-likeness (QED) is 0.820.